The number of aromatic nitrogens is 1. The monoisotopic (exact) mass is 419 g/mol. The van der Waals surface area contributed by atoms with E-state index in [4.69, 9.17) is 9.47 Å². The predicted molar refractivity (Wildman–Crippen MR) is 111 cm³/mol. The van der Waals surface area contributed by atoms with Gasteiger partial charge in [-0.3, -0.25) is 9.78 Å². The maximum Gasteiger partial charge on any atom is 0.159 e. The highest BCUT2D eigenvalue weighted by Gasteiger charge is 2.48. The molecule has 7 nitrogen and oxygen atoms in total. The van der Waals surface area contributed by atoms with Gasteiger partial charge in [0.05, 0.1) is 37.1 Å². The van der Waals surface area contributed by atoms with Gasteiger partial charge < -0.3 is 24.8 Å². The van der Waals surface area contributed by atoms with Crippen LogP contribution in [0.5, 0.6) is 0 Å². The normalized spacial score (nSPS) is 33.7. The Morgan fingerprint density at radius 3 is 2.60 bits per heavy atom. The number of allylic oxidation sites excluding steroid dienone is 1. The minimum absolute atomic E-state index is 0.0105. The molecule has 2 aliphatic heterocycles. The summed E-state index contributed by atoms with van der Waals surface area (Å²) in [6.07, 6.45) is 3.21. The lowest BCUT2D eigenvalue weighted by molar-refractivity contribution is -0.165. The zero-order chi connectivity index (χ0) is 21.8. The molecule has 30 heavy (non-hydrogen) atoms. The van der Waals surface area contributed by atoms with Crippen LogP contribution in [0.3, 0.4) is 0 Å². The van der Waals surface area contributed by atoms with Gasteiger partial charge in [0, 0.05) is 30.7 Å². The number of carbonyl (C=O) groups is 1. The summed E-state index contributed by atoms with van der Waals surface area (Å²) in [5, 5.41) is 30.8. The van der Waals surface area contributed by atoms with E-state index in [1.165, 1.54) is 0 Å². The predicted octanol–water partition coefficient (Wildman–Crippen LogP) is 1.44. The molecule has 166 valence electrons. The zero-order valence-electron chi connectivity index (χ0n) is 17.8. The molecule has 2 saturated heterocycles. The fourth-order valence-corrected chi connectivity index (χ4v) is 4.12. The van der Waals surface area contributed by atoms with Crippen LogP contribution < -0.4 is 0 Å². The van der Waals surface area contributed by atoms with Gasteiger partial charge >= 0.3 is 0 Å². The standard InChI is InChI=1S/C23H33NO6/c1-13(8-18(26)10-16-4-6-24-7-5-16)9-19-22(28)21(27)17(12-29-19)11-20-23(30-20)14(2)15(3)25/h4-8,14-15,17,19-23,25,27-28H,9-12H2,1-3H3. The second-order valence-corrected chi connectivity index (χ2v) is 8.78. The van der Waals surface area contributed by atoms with Crippen molar-refractivity contribution in [2.24, 2.45) is 11.8 Å². The number of pyridine rings is 1. The molecule has 0 radical (unpaired) electrons. The SMILES string of the molecule is CC(=CC(=O)Cc1ccncc1)CC1OCC(CC2OC2C(C)C(C)O)C(O)C1O. The van der Waals surface area contributed by atoms with Crippen molar-refractivity contribution in [2.45, 2.75) is 76.7 Å². The lowest BCUT2D eigenvalue weighted by Gasteiger charge is -2.38. The summed E-state index contributed by atoms with van der Waals surface area (Å²) >= 11 is 0. The van der Waals surface area contributed by atoms with Gasteiger partial charge in [-0.05, 0) is 50.5 Å². The van der Waals surface area contributed by atoms with Crippen LogP contribution in [0, 0.1) is 11.8 Å². The molecule has 1 aromatic heterocycles. The number of ketones is 1. The fourth-order valence-electron chi connectivity index (χ4n) is 4.12. The summed E-state index contributed by atoms with van der Waals surface area (Å²) in [5.74, 6) is -0.205. The molecule has 8 atom stereocenters. The van der Waals surface area contributed by atoms with Crippen LogP contribution >= 0.6 is 0 Å². The fraction of sp³-hybridized carbons (Fsp3) is 0.652. The molecule has 0 amide bonds. The molecule has 3 heterocycles. The van der Waals surface area contributed by atoms with Crippen molar-refractivity contribution >= 4 is 5.78 Å². The topological polar surface area (TPSA) is 112 Å². The first kappa shape index (κ1) is 23.0. The van der Waals surface area contributed by atoms with Crippen molar-refractivity contribution in [2.75, 3.05) is 6.61 Å². The first-order chi connectivity index (χ1) is 14.3. The highest BCUT2D eigenvalue weighted by molar-refractivity contribution is 5.91. The molecule has 8 unspecified atom stereocenters. The molecule has 3 N–H and O–H groups in total. The van der Waals surface area contributed by atoms with Crippen LogP contribution in [-0.4, -0.2) is 69.3 Å². The highest BCUT2D eigenvalue weighted by atomic mass is 16.6. The minimum Gasteiger partial charge on any atom is -0.393 e. The quantitative estimate of drug-likeness (QED) is 0.410. The Morgan fingerprint density at radius 2 is 1.93 bits per heavy atom. The number of ether oxygens (including phenoxy) is 2. The maximum absolute atomic E-state index is 12.2. The van der Waals surface area contributed by atoms with Crippen LogP contribution in [0.2, 0.25) is 0 Å². The summed E-state index contributed by atoms with van der Waals surface area (Å²) in [6, 6.07) is 3.61. The van der Waals surface area contributed by atoms with Crippen molar-refractivity contribution in [3.05, 3.63) is 41.7 Å². The number of hydrogen-bond donors (Lipinski definition) is 3. The van der Waals surface area contributed by atoms with Crippen LogP contribution in [-0.2, 0) is 20.7 Å². The van der Waals surface area contributed by atoms with Gasteiger partial charge in [-0.15, -0.1) is 0 Å². The van der Waals surface area contributed by atoms with Gasteiger partial charge in [0.25, 0.3) is 0 Å². The summed E-state index contributed by atoms with van der Waals surface area (Å²) < 4.78 is 11.5. The Morgan fingerprint density at radius 1 is 1.23 bits per heavy atom. The van der Waals surface area contributed by atoms with E-state index in [1.807, 2.05) is 26.0 Å². The van der Waals surface area contributed by atoms with Gasteiger partial charge in [0.2, 0.25) is 0 Å². The lowest BCUT2D eigenvalue weighted by Crippen LogP contribution is -2.50. The molecule has 1 aromatic rings. The summed E-state index contributed by atoms with van der Waals surface area (Å²) in [6.45, 7) is 5.85. The van der Waals surface area contributed by atoms with Gasteiger partial charge in [-0.25, -0.2) is 0 Å². The summed E-state index contributed by atoms with van der Waals surface area (Å²) in [7, 11) is 0. The van der Waals surface area contributed by atoms with Crippen LogP contribution in [0.25, 0.3) is 0 Å². The van der Waals surface area contributed by atoms with Gasteiger partial charge in [-0.1, -0.05) is 12.5 Å². The lowest BCUT2D eigenvalue weighted by atomic mass is 9.85. The Balaban J connectivity index is 1.47. The summed E-state index contributed by atoms with van der Waals surface area (Å²) in [5.41, 5.74) is 1.71. The van der Waals surface area contributed by atoms with Crippen molar-refractivity contribution in [1.82, 2.24) is 4.98 Å². The van der Waals surface area contributed by atoms with E-state index in [0.717, 1.165) is 11.1 Å². The highest BCUT2D eigenvalue weighted by Crippen LogP contribution is 2.38. The molecule has 0 bridgehead atoms. The van der Waals surface area contributed by atoms with Crippen molar-refractivity contribution < 1.29 is 29.6 Å². The van der Waals surface area contributed by atoms with Gasteiger partial charge in [0.15, 0.2) is 5.78 Å². The van der Waals surface area contributed by atoms with E-state index >= 15 is 0 Å². The number of aliphatic hydroxyl groups excluding tert-OH is 3. The van der Waals surface area contributed by atoms with Crippen molar-refractivity contribution in [1.29, 1.82) is 0 Å². The minimum atomic E-state index is -1.02. The molecule has 0 spiro atoms. The Labute approximate surface area is 177 Å². The smallest absolute Gasteiger partial charge is 0.159 e. The number of nitrogens with zero attached hydrogens (tertiary/aromatic N) is 1. The largest absolute Gasteiger partial charge is 0.393 e. The zero-order valence-corrected chi connectivity index (χ0v) is 17.8. The molecule has 0 aromatic carbocycles. The molecule has 0 aliphatic carbocycles. The molecule has 0 saturated carbocycles. The molecular weight excluding hydrogens is 386 g/mol. The number of epoxide rings is 1. The Hall–Kier alpha value is -1.64. The van der Waals surface area contributed by atoms with Crippen LogP contribution in [0.15, 0.2) is 36.2 Å². The maximum atomic E-state index is 12.2. The molecule has 2 fully saturated rings. The van der Waals surface area contributed by atoms with Crippen molar-refractivity contribution in [3.63, 3.8) is 0 Å². The van der Waals surface area contributed by atoms with E-state index in [0.29, 0.717) is 25.9 Å². The first-order valence-corrected chi connectivity index (χ1v) is 10.7. The third-order valence-corrected chi connectivity index (χ3v) is 6.23. The third kappa shape index (κ3) is 5.95. The van der Waals surface area contributed by atoms with Gasteiger partial charge in [-0.2, -0.15) is 0 Å². The van der Waals surface area contributed by atoms with E-state index in [1.54, 1.807) is 25.4 Å². The number of rotatable bonds is 9. The molecular formula is C23H33NO6. The third-order valence-electron chi connectivity index (χ3n) is 6.23. The number of carbonyl (C=O) groups excluding carboxylic acids is 1. The van der Waals surface area contributed by atoms with Gasteiger partial charge in [0.1, 0.15) is 6.10 Å². The van der Waals surface area contributed by atoms with E-state index in [2.05, 4.69) is 4.98 Å². The van der Waals surface area contributed by atoms with E-state index < -0.39 is 24.4 Å². The summed E-state index contributed by atoms with van der Waals surface area (Å²) in [4.78, 5) is 16.2. The number of hydrogen-bond acceptors (Lipinski definition) is 7. The molecule has 7 heteroatoms. The second kappa shape index (κ2) is 10.1. The average Bonchev–Trinajstić information content (AvgIpc) is 3.46. The van der Waals surface area contributed by atoms with Crippen LogP contribution in [0.4, 0.5) is 0 Å². The second-order valence-electron chi connectivity index (χ2n) is 8.78. The first-order valence-electron chi connectivity index (χ1n) is 10.7. The molecule has 3 rings (SSSR count). The molecule has 2 aliphatic rings. The Kier molecular flexibility index (Phi) is 7.76. The van der Waals surface area contributed by atoms with E-state index in [9.17, 15) is 20.1 Å². The average molecular weight is 420 g/mol. The number of aliphatic hydroxyl groups is 3. The van der Waals surface area contributed by atoms with E-state index in [-0.39, 0.29) is 29.8 Å². The Bertz CT molecular complexity index is 736. The van der Waals surface area contributed by atoms with Crippen molar-refractivity contribution in [3.8, 4) is 0 Å². The van der Waals surface area contributed by atoms with Crippen LogP contribution in [0.1, 0.15) is 39.2 Å².